The van der Waals surface area contributed by atoms with Gasteiger partial charge in [-0.3, -0.25) is 0 Å². The maximum absolute atomic E-state index is 12.4. The van der Waals surface area contributed by atoms with Crippen LogP contribution >= 0.6 is 0 Å². The van der Waals surface area contributed by atoms with E-state index < -0.39 is 9.84 Å². The number of hydrogen-bond acceptors (Lipinski definition) is 4. The van der Waals surface area contributed by atoms with E-state index in [1.54, 1.807) is 30.3 Å². The largest absolute Gasteiger partial charge is 0.507 e. The van der Waals surface area contributed by atoms with Gasteiger partial charge in [0.05, 0.1) is 4.90 Å². The van der Waals surface area contributed by atoms with Gasteiger partial charge in [0, 0.05) is 0 Å². The number of phenols is 1. The molecule has 2 rings (SSSR count). The Morgan fingerprint density at radius 2 is 1.75 bits per heavy atom. The van der Waals surface area contributed by atoms with Crippen LogP contribution in [0, 0.1) is 0 Å². The topological polar surface area (TPSA) is 63.6 Å². The molecule has 0 heterocycles. The molecule has 0 saturated carbocycles. The fourth-order valence-electron chi connectivity index (χ4n) is 1.68. The summed E-state index contributed by atoms with van der Waals surface area (Å²) in [5.41, 5.74) is 0. The Morgan fingerprint density at radius 3 is 2.35 bits per heavy atom. The van der Waals surface area contributed by atoms with Crippen LogP contribution in [0.15, 0.2) is 71.0 Å². The Kier molecular flexibility index (Phi) is 4.10. The van der Waals surface area contributed by atoms with Crippen molar-refractivity contribution in [3.05, 3.63) is 61.2 Å². The summed E-state index contributed by atoms with van der Waals surface area (Å²) in [6.45, 7) is 3.89. The minimum Gasteiger partial charge on any atom is -0.507 e. The first-order chi connectivity index (χ1) is 9.55. The second-order valence-corrected chi connectivity index (χ2v) is 5.96. The number of para-hydroxylation sites is 1. The molecule has 2 aromatic rings. The SMILES string of the molecule is C=CCOc1ccc(S(=O)(=O)c2ccccc2O)cc1. The minimum absolute atomic E-state index is 0.102. The Morgan fingerprint density at radius 1 is 1.10 bits per heavy atom. The summed E-state index contributed by atoms with van der Waals surface area (Å²) >= 11 is 0. The molecule has 0 aromatic heterocycles. The van der Waals surface area contributed by atoms with Crippen molar-refractivity contribution in [3.8, 4) is 11.5 Å². The molecule has 20 heavy (non-hydrogen) atoms. The molecule has 4 nitrogen and oxygen atoms in total. The molecule has 0 aliphatic heterocycles. The molecule has 1 N–H and O–H groups in total. The first kappa shape index (κ1) is 14.1. The third kappa shape index (κ3) is 2.83. The summed E-state index contributed by atoms with van der Waals surface area (Å²) in [4.78, 5) is -0.00953. The Labute approximate surface area is 117 Å². The number of hydrogen-bond donors (Lipinski definition) is 1. The molecule has 0 saturated heterocycles. The number of aromatic hydroxyl groups is 1. The molecular weight excluding hydrogens is 276 g/mol. The standard InChI is InChI=1S/C15H14O4S/c1-2-11-19-12-7-9-13(10-8-12)20(17,18)15-6-4-3-5-14(15)16/h2-10,16H,1,11H2. The van der Waals surface area contributed by atoms with Crippen LogP contribution < -0.4 is 4.74 Å². The van der Waals surface area contributed by atoms with E-state index in [9.17, 15) is 13.5 Å². The van der Waals surface area contributed by atoms with E-state index in [2.05, 4.69) is 6.58 Å². The van der Waals surface area contributed by atoms with Crippen molar-refractivity contribution in [1.82, 2.24) is 0 Å². The smallest absolute Gasteiger partial charge is 0.210 e. The van der Waals surface area contributed by atoms with Crippen LogP contribution in [0.1, 0.15) is 0 Å². The van der Waals surface area contributed by atoms with Crippen LogP contribution in [-0.4, -0.2) is 20.1 Å². The molecule has 0 unspecified atom stereocenters. The zero-order valence-electron chi connectivity index (χ0n) is 10.7. The number of phenolic OH excluding ortho intramolecular Hbond substituents is 1. The highest BCUT2D eigenvalue weighted by molar-refractivity contribution is 7.91. The van der Waals surface area contributed by atoms with Gasteiger partial charge in [-0.2, -0.15) is 0 Å². The summed E-state index contributed by atoms with van der Waals surface area (Å²) in [5.74, 6) is 0.292. The molecule has 0 amide bonds. The summed E-state index contributed by atoms with van der Waals surface area (Å²) < 4.78 is 30.0. The first-order valence-corrected chi connectivity index (χ1v) is 7.41. The maximum Gasteiger partial charge on any atom is 0.210 e. The molecule has 0 radical (unpaired) electrons. The lowest BCUT2D eigenvalue weighted by atomic mass is 10.3. The molecule has 0 aliphatic carbocycles. The van der Waals surface area contributed by atoms with E-state index in [0.717, 1.165) is 0 Å². The molecule has 0 fully saturated rings. The van der Waals surface area contributed by atoms with E-state index >= 15 is 0 Å². The molecule has 0 aliphatic rings. The summed E-state index contributed by atoms with van der Waals surface area (Å²) in [5, 5.41) is 9.66. The van der Waals surface area contributed by atoms with Crippen molar-refractivity contribution in [3.63, 3.8) is 0 Å². The van der Waals surface area contributed by atoms with E-state index in [0.29, 0.717) is 12.4 Å². The molecular formula is C15H14O4S. The molecule has 2 aromatic carbocycles. The fraction of sp³-hybridized carbons (Fsp3) is 0.0667. The lowest BCUT2D eigenvalue weighted by Crippen LogP contribution is -2.02. The Balaban J connectivity index is 2.35. The van der Waals surface area contributed by atoms with E-state index in [4.69, 9.17) is 4.74 Å². The van der Waals surface area contributed by atoms with Crippen LogP contribution in [-0.2, 0) is 9.84 Å². The molecule has 0 bridgehead atoms. The van der Waals surface area contributed by atoms with Gasteiger partial charge in [-0.25, -0.2) is 8.42 Å². The second-order valence-electron chi connectivity index (χ2n) is 4.04. The van der Waals surface area contributed by atoms with Crippen LogP contribution in [0.4, 0.5) is 0 Å². The summed E-state index contributed by atoms with van der Waals surface area (Å²) in [6.07, 6.45) is 1.60. The molecule has 0 atom stereocenters. The van der Waals surface area contributed by atoms with Crippen molar-refractivity contribution < 1.29 is 18.3 Å². The third-order valence-corrected chi connectivity index (χ3v) is 4.47. The second kappa shape index (κ2) is 5.79. The highest BCUT2D eigenvalue weighted by Gasteiger charge is 2.20. The van der Waals surface area contributed by atoms with Gasteiger partial charge in [0.1, 0.15) is 23.0 Å². The lowest BCUT2D eigenvalue weighted by molar-refractivity contribution is 0.363. The van der Waals surface area contributed by atoms with Gasteiger partial charge in [0.2, 0.25) is 9.84 Å². The zero-order valence-corrected chi connectivity index (χ0v) is 11.5. The number of ether oxygens (including phenoxy) is 1. The number of benzene rings is 2. The highest BCUT2D eigenvalue weighted by atomic mass is 32.2. The van der Waals surface area contributed by atoms with E-state index in [1.165, 1.54) is 24.3 Å². The van der Waals surface area contributed by atoms with Crippen molar-refractivity contribution in [2.45, 2.75) is 9.79 Å². The van der Waals surface area contributed by atoms with Crippen LogP contribution in [0.2, 0.25) is 0 Å². The van der Waals surface area contributed by atoms with Crippen molar-refractivity contribution in [2.75, 3.05) is 6.61 Å². The highest BCUT2D eigenvalue weighted by Crippen LogP contribution is 2.29. The summed E-state index contributed by atoms with van der Waals surface area (Å²) in [7, 11) is -3.73. The van der Waals surface area contributed by atoms with Gasteiger partial charge in [-0.05, 0) is 36.4 Å². The van der Waals surface area contributed by atoms with E-state index in [1.807, 2.05) is 0 Å². The Hall–Kier alpha value is -2.27. The summed E-state index contributed by atoms with van der Waals surface area (Å²) in [6, 6.07) is 11.9. The van der Waals surface area contributed by atoms with Gasteiger partial charge in [-0.15, -0.1) is 0 Å². The average molecular weight is 290 g/mol. The van der Waals surface area contributed by atoms with Gasteiger partial charge in [-0.1, -0.05) is 24.8 Å². The minimum atomic E-state index is -3.73. The van der Waals surface area contributed by atoms with Gasteiger partial charge < -0.3 is 9.84 Å². The Bertz CT molecular complexity index is 703. The van der Waals surface area contributed by atoms with Crippen molar-refractivity contribution in [1.29, 1.82) is 0 Å². The number of sulfone groups is 1. The van der Waals surface area contributed by atoms with Gasteiger partial charge in [0.15, 0.2) is 0 Å². The molecule has 0 spiro atoms. The third-order valence-electron chi connectivity index (χ3n) is 2.66. The lowest BCUT2D eigenvalue weighted by Gasteiger charge is -2.08. The fourth-order valence-corrected chi connectivity index (χ4v) is 3.03. The zero-order chi connectivity index (χ0) is 14.6. The van der Waals surface area contributed by atoms with Crippen molar-refractivity contribution in [2.24, 2.45) is 0 Å². The van der Waals surface area contributed by atoms with Gasteiger partial charge >= 0.3 is 0 Å². The monoisotopic (exact) mass is 290 g/mol. The van der Waals surface area contributed by atoms with Gasteiger partial charge in [0.25, 0.3) is 0 Å². The molecule has 5 heteroatoms. The quantitative estimate of drug-likeness (QED) is 0.860. The van der Waals surface area contributed by atoms with E-state index in [-0.39, 0.29) is 15.5 Å². The van der Waals surface area contributed by atoms with Crippen LogP contribution in [0.5, 0.6) is 11.5 Å². The predicted molar refractivity (Wildman–Crippen MR) is 75.7 cm³/mol. The van der Waals surface area contributed by atoms with Crippen molar-refractivity contribution >= 4 is 9.84 Å². The van der Waals surface area contributed by atoms with Crippen LogP contribution in [0.3, 0.4) is 0 Å². The average Bonchev–Trinajstić information content (AvgIpc) is 2.46. The maximum atomic E-state index is 12.4. The van der Waals surface area contributed by atoms with Crippen LogP contribution in [0.25, 0.3) is 0 Å². The number of rotatable bonds is 5. The first-order valence-electron chi connectivity index (χ1n) is 5.92. The molecule has 104 valence electrons. The predicted octanol–water partition coefficient (Wildman–Crippen LogP) is 2.79. The normalized spacial score (nSPS) is 11.0.